The summed E-state index contributed by atoms with van der Waals surface area (Å²) in [6, 6.07) is 9.23. The topological polar surface area (TPSA) is 64.9 Å². The van der Waals surface area contributed by atoms with Crippen molar-refractivity contribution in [3.63, 3.8) is 0 Å². The fraction of sp³-hybridized carbons (Fsp3) is 0.273. The lowest BCUT2D eigenvalue weighted by molar-refractivity contribution is -0.120. The molecule has 0 fully saturated rings. The molecule has 4 nitrogen and oxygen atoms in total. The predicted molar refractivity (Wildman–Crippen MR) is 56.9 cm³/mol. The van der Waals surface area contributed by atoms with E-state index in [1.807, 2.05) is 6.07 Å². The largest absolute Gasteiger partial charge is 0.351 e. The van der Waals surface area contributed by atoms with Gasteiger partial charge < -0.3 is 10.6 Å². The van der Waals surface area contributed by atoms with E-state index in [9.17, 15) is 4.79 Å². The van der Waals surface area contributed by atoms with Gasteiger partial charge in [0.1, 0.15) is 0 Å². The van der Waals surface area contributed by atoms with E-state index >= 15 is 0 Å². The number of hydrogen-bond donors (Lipinski definition) is 2. The molecule has 4 heteroatoms. The lowest BCUT2D eigenvalue weighted by Crippen LogP contribution is -2.31. The summed E-state index contributed by atoms with van der Waals surface area (Å²) in [7, 11) is 1.72. The number of nitrogens with one attached hydrogen (secondary N) is 2. The second-order valence-corrected chi connectivity index (χ2v) is 3.12. The summed E-state index contributed by atoms with van der Waals surface area (Å²) < 4.78 is 0. The van der Waals surface area contributed by atoms with Gasteiger partial charge in [0.25, 0.3) is 0 Å². The summed E-state index contributed by atoms with van der Waals surface area (Å²) >= 11 is 0. The van der Waals surface area contributed by atoms with Crippen molar-refractivity contribution in [1.82, 2.24) is 10.6 Å². The van der Waals surface area contributed by atoms with Crippen LogP contribution in [-0.2, 0) is 11.3 Å². The molecule has 0 aliphatic carbocycles. The van der Waals surface area contributed by atoms with E-state index in [1.165, 1.54) is 0 Å². The van der Waals surface area contributed by atoms with Crippen LogP contribution >= 0.6 is 0 Å². The summed E-state index contributed by atoms with van der Waals surface area (Å²) in [4.78, 5) is 11.1. The molecule has 15 heavy (non-hydrogen) atoms. The van der Waals surface area contributed by atoms with E-state index in [-0.39, 0.29) is 5.91 Å². The average molecular weight is 203 g/mol. The monoisotopic (exact) mass is 203 g/mol. The van der Waals surface area contributed by atoms with Gasteiger partial charge in [0.2, 0.25) is 5.91 Å². The zero-order valence-electron chi connectivity index (χ0n) is 8.58. The van der Waals surface area contributed by atoms with Gasteiger partial charge in [-0.3, -0.25) is 4.79 Å². The fourth-order valence-electron chi connectivity index (χ4n) is 1.17. The Kier molecular flexibility index (Phi) is 4.32. The SMILES string of the molecule is CNCC(=O)NCc1cccc(C#N)c1. The molecule has 78 valence electrons. The Hall–Kier alpha value is -1.86. The molecule has 1 aromatic carbocycles. The molecule has 0 unspecified atom stereocenters. The van der Waals surface area contributed by atoms with Crippen molar-refractivity contribution in [2.45, 2.75) is 6.54 Å². The van der Waals surface area contributed by atoms with Gasteiger partial charge >= 0.3 is 0 Å². The molecule has 0 aliphatic heterocycles. The van der Waals surface area contributed by atoms with Crippen molar-refractivity contribution in [2.24, 2.45) is 0 Å². The first-order valence-corrected chi connectivity index (χ1v) is 4.66. The molecule has 0 spiro atoms. The van der Waals surface area contributed by atoms with Crippen LogP contribution in [0.4, 0.5) is 0 Å². The van der Waals surface area contributed by atoms with Gasteiger partial charge in [0.05, 0.1) is 18.2 Å². The highest BCUT2D eigenvalue weighted by Crippen LogP contribution is 2.03. The third-order valence-corrected chi connectivity index (χ3v) is 1.88. The summed E-state index contributed by atoms with van der Waals surface area (Å²) in [5.74, 6) is -0.0557. The van der Waals surface area contributed by atoms with Crippen LogP contribution < -0.4 is 10.6 Å². The molecule has 1 amide bonds. The Balaban J connectivity index is 2.51. The number of nitrogens with zero attached hydrogens (tertiary/aromatic N) is 1. The van der Waals surface area contributed by atoms with Crippen LogP contribution in [0.1, 0.15) is 11.1 Å². The molecule has 0 radical (unpaired) electrons. The minimum Gasteiger partial charge on any atom is -0.351 e. The number of benzene rings is 1. The first kappa shape index (κ1) is 11.2. The molecule has 0 atom stereocenters. The van der Waals surface area contributed by atoms with Gasteiger partial charge in [-0.2, -0.15) is 5.26 Å². The molecule has 0 bridgehead atoms. The summed E-state index contributed by atoms with van der Waals surface area (Å²) in [6.07, 6.45) is 0. The van der Waals surface area contributed by atoms with Crippen molar-refractivity contribution < 1.29 is 4.79 Å². The van der Waals surface area contributed by atoms with Gasteiger partial charge in [0.15, 0.2) is 0 Å². The number of hydrogen-bond acceptors (Lipinski definition) is 3. The van der Waals surface area contributed by atoms with E-state index in [4.69, 9.17) is 5.26 Å². The summed E-state index contributed by atoms with van der Waals surface area (Å²) in [6.45, 7) is 0.758. The van der Waals surface area contributed by atoms with Gasteiger partial charge in [-0.1, -0.05) is 12.1 Å². The molecular weight excluding hydrogens is 190 g/mol. The second-order valence-electron chi connectivity index (χ2n) is 3.12. The van der Waals surface area contributed by atoms with Gasteiger partial charge in [0, 0.05) is 6.54 Å². The minimum atomic E-state index is -0.0557. The molecular formula is C11H13N3O. The molecule has 2 N–H and O–H groups in total. The Morgan fingerprint density at radius 2 is 2.33 bits per heavy atom. The van der Waals surface area contributed by atoms with Crippen molar-refractivity contribution in [1.29, 1.82) is 5.26 Å². The van der Waals surface area contributed by atoms with Crippen LogP contribution in [0.25, 0.3) is 0 Å². The predicted octanol–water partition coefficient (Wildman–Crippen LogP) is 0.394. The van der Waals surface area contributed by atoms with E-state index in [0.717, 1.165) is 5.56 Å². The van der Waals surface area contributed by atoms with E-state index < -0.39 is 0 Å². The number of carbonyl (C=O) groups excluding carboxylic acids is 1. The molecule has 0 saturated carbocycles. The molecule has 0 heterocycles. The lowest BCUT2D eigenvalue weighted by atomic mass is 10.1. The quantitative estimate of drug-likeness (QED) is 0.744. The number of carbonyl (C=O) groups is 1. The third-order valence-electron chi connectivity index (χ3n) is 1.88. The van der Waals surface area contributed by atoms with E-state index in [0.29, 0.717) is 18.7 Å². The highest BCUT2D eigenvalue weighted by molar-refractivity contribution is 5.77. The van der Waals surface area contributed by atoms with Crippen LogP contribution in [0, 0.1) is 11.3 Å². The fourth-order valence-corrected chi connectivity index (χ4v) is 1.17. The standard InChI is InChI=1S/C11H13N3O/c1-13-8-11(15)14-7-10-4-2-3-9(5-10)6-12/h2-5,13H,7-8H2,1H3,(H,14,15). The van der Waals surface area contributed by atoms with Gasteiger partial charge in [-0.05, 0) is 24.7 Å². The Morgan fingerprint density at radius 1 is 1.53 bits per heavy atom. The second kappa shape index (κ2) is 5.78. The third kappa shape index (κ3) is 3.79. The van der Waals surface area contributed by atoms with Crippen LogP contribution in [0.3, 0.4) is 0 Å². The molecule has 0 aromatic heterocycles. The number of likely N-dealkylation sites (N-methyl/N-ethyl adjacent to an activating group) is 1. The lowest BCUT2D eigenvalue weighted by Gasteiger charge is -2.04. The maximum Gasteiger partial charge on any atom is 0.234 e. The summed E-state index contributed by atoms with van der Waals surface area (Å²) in [5.41, 5.74) is 1.54. The van der Waals surface area contributed by atoms with Crippen molar-refractivity contribution in [3.05, 3.63) is 35.4 Å². The highest BCUT2D eigenvalue weighted by Gasteiger charge is 1.99. The zero-order valence-corrected chi connectivity index (χ0v) is 8.58. The highest BCUT2D eigenvalue weighted by atomic mass is 16.1. The first-order valence-electron chi connectivity index (χ1n) is 4.66. The van der Waals surface area contributed by atoms with Gasteiger partial charge in [-0.15, -0.1) is 0 Å². The van der Waals surface area contributed by atoms with Crippen LogP contribution in [0.2, 0.25) is 0 Å². The maximum atomic E-state index is 11.1. The molecule has 1 aromatic rings. The van der Waals surface area contributed by atoms with Crippen LogP contribution in [-0.4, -0.2) is 19.5 Å². The van der Waals surface area contributed by atoms with E-state index in [1.54, 1.807) is 25.2 Å². The van der Waals surface area contributed by atoms with Crippen molar-refractivity contribution >= 4 is 5.91 Å². The summed E-state index contributed by atoms with van der Waals surface area (Å²) in [5, 5.41) is 14.2. The smallest absolute Gasteiger partial charge is 0.234 e. The van der Waals surface area contributed by atoms with Crippen molar-refractivity contribution in [3.8, 4) is 6.07 Å². The number of rotatable bonds is 4. The maximum absolute atomic E-state index is 11.1. The average Bonchev–Trinajstić information content (AvgIpc) is 2.27. The molecule has 0 saturated heterocycles. The molecule has 0 aliphatic rings. The Bertz CT molecular complexity index is 382. The zero-order chi connectivity index (χ0) is 11.1. The van der Waals surface area contributed by atoms with Crippen LogP contribution in [0.5, 0.6) is 0 Å². The normalized spacial score (nSPS) is 9.33. The van der Waals surface area contributed by atoms with Crippen molar-refractivity contribution in [2.75, 3.05) is 13.6 Å². The first-order chi connectivity index (χ1) is 7.26. The minimum absolute atomic E-state index is 0.0557. The van der Waals surface area contributed by atoms with Crippen LogP contribution in [0.15, 0.2) is 24.3 Å². The Labute approximate surface area is 88.9 Å². The van der Waals surface area contributed by atoms with Gasteiger partial charge in [-0.25, -0.2) is 0 Å². The number of amides is 1. The van der Waals surface area contributed by atoms with E-state index in [2.05, 4.69) is 16.7 Å². The Morgan fingerprint density at radius 3 is 3.00 bits per heavy atom. The number of nitriles is 1. The molecule has 1 rings (SSSR count).